The number of carbonyl (C=O) groups is 2. The van der Waals surface area contributed by atoms with Gasteiger partial charge in [-0.3, -0.25) is 19.5 Å². The number of para-hydroxylation sites is 1. The molecular formula is C28H32N4O3. The lowest BCUT2D eigenvalue weighted by Crippen LogP contribution is -2.56. The Morgan fingerprint density at radius 2 is 1.69 bits per heavy atom. The summed E-state index contributed by atoms with van der Waals surface area (Å²) in [5.74, 6) is -0.676. The SMILES string of the molecule is CC(=O)O.Cc1ccccc1C(c1cccnc1)N1CCC2(CC1)C(=O)NCN2c1ccccc1. The molecule has 2 aliphatic heterocycles. The van der Waals surface area contributed by atoms with Crippen LogP contribution in [0.2, 0.25) is 0 Å². The molecule has 2 saturated heterocycles. The Kier molecular flexibility index (Phi) is 7.46. The first-order valence-corrected chi connectivity index (χ1v) is 11.9. The van der Waals surface area contributed by atoms with Gasteiger partial charge in [-0.05, 0) is 54.7 Å². The number of hydrogen-bond donors (Lipinski definition) is 2. The number of pyridine rings is 1. The third kappa shape index (κ3) is 5.20. The number of aliphatic carboxylic acids is 1. The Bertz CT molecular complexity index is 1140. The molecule has 0 saturated carbocycles. The van der Waals surface area contributed by atoms with E-state index in [4.69, 9.17) is 9.90 Å². The molecule has 0 aliphatic carbocycles. The van der Waals surface area contributed by atoms with E-state index in [1.54, 1.807) is 0 Å². The molecule has 0 bridgehead atoms. The summed E-state index contributed by atoms with van der Waals surface area (Å²) in [4.78, 5) is 31.2. The first kappa shape index (κ1) is 24.4. The van der Waals surface area contributed by atoms with E-state index in [0.717, 1.165) is 38.5 Å². The predicted octanol–water partition coefficient (Wildman–Crippen LogP) is 4.00. The van der Waals surface area contributed by atoms with E-state index in [2.05, 4.69) is 69.5 Å². The number of amides is 1. The summed E-state index contributed by atoms with van der Waals surface area (Å²) in [5.41, 5.74) is 4.42. The van der Waals surface area contributed by atoms with Gasteiger partial charge in [0.1, 0.15) is 5.54 Å². The topological polar surface area (TPSA) is 85.8 Å². The number of nitrogens with zero attached hydrogens (tertiary/aromatic N) is 3. The monoisotopic (exact) mass is 472 g/mol. The van der Waals surface area contributed by atoms with E-state index >= 15 is 0 Å². The van der Waals surface area contributed by atoms with Crippen molar-refractivity contribution < 1.29 is 14.7 Å². The molecule has 3 heterocycles. The van der Waals surface area contributed by atoms with Gasteiger partial charge in [0.05, 0.1) is 12.7 Å². The Hall–Kier alpha value is -3.71. The van der Waals surface area contributed by atoms with Crippen LogP contribution in [0.25, 0.3) is 0 Å². The van der Waals surface area contributed by atoms with Crippen LogP contribution in [0.5, 0.6) is 0 Å². The molecule has 1 atom stereocenters. The Morgan fingerprint density at radius 3 is 2.31 bits per heavy atom. The number of nitrogens with one attached hydrogen (secondary N) is 1. The molecule has 2 fully saturated rings. The lowest BCUT2D eigenvalue weighted by molar-refractivity contribution is -0.134. The second kappa shape index (κ2) is 10.7. The second-order valence-corrected chi connectivity index (χ2v) is 9.06. The largest absolute Gasteiger partial charge is 0.481 e. The Labute approximate surface area is 206 Å². The normalized spacial score (nSPS) is 17.9. The highest BCUT2D eigenvalue weighted by Crippen LogP contribution is 2.40. The standard InChI is InChI=1S/C26H28N4O.C2H4O2/c1-20-8-5-6-12-23(20)24(21-9-7-15-27-18-21)29-16-13-26(14-17-29)25(31)28-19-30(26)22-10-3-2-4-11-22;1-2(3)4/h2-12,15,18,24H,13-14,16-17,19H2,1H3,(H,28,31);1H3,(H,3,4). The molecule has 1 aromatic heterocycles. The zero-order chi connectivity index (χ0) is 24.8. The first-order valence-electron chi connectivity index (χ1n) is 11.9. The van der Waals surface area contributed by atoms with E-state index in [0.29, 0.717) is 6.67 Å². The van der Waals surface area contributed by atoms with Crippen LogP contribution in [0.3, 0.4) is 0 Å². The van der Waals surface area contributed by atoms with E-state index in [9.17, 15) is 4.79 Å². The van der Waals surface area contributed by atoms with Crippen molar-refractivity contribution in [3.8, 4) is 0 Å². The third-order valence-corrected chi connectivity index (χ3v) is 6.88. The highest BCUT2D eigenvalue weighted by molar-refractivity contribution is 5.93. The molecule has 2 aliphatic rings. The van der Waals surface area contributed by atoms with Gasteiger partial charge in [0.15, 0.2) is 0 Å². The number of piperidine rings is 1. The van der Waals surface area contributed by atoms with Gasteiger partial charge in [0.25, 0.3) is 5.97 Å². The van der Waals surface area contributed by atoms with Crippen molar-refractivity contribution in [2.24, 2.45) is 0 Å². The van der Waals surface area contributed by atoms with Crippen LogP contribution in [-0.4, -0.2) is 52.2 Å². The zero-order valence-corrected chi connectivity index (χ0v) is 20.2. The van der Waals surface area contributed by atoms with Crippen molar-refractivity contribution in [1.29, 1.82) is 0 Å². The van der Waals surface area contributed by atoms with E-state index in [-0.39, 0.29) is 11.9 Å². The van der Waals surface area contributed by atoms with E-state index in [1.807, 2.05) is 36.7 Å². The molecule has 1 amide bonds. The number of carboxylic acid groups (broad SMARTS) is 1. The minimum atomic E-state index is -0.833. The molecule has 3 aromatic rings. The smallest absolute Gasteiger partial charge is 0.300 e. The second-order valence-electron chi connectivity index (χ2n) is 9.06. The molecule has 0 radical (unpaired) electrons. The summed E-state index contributed by atoms with van der Waals surface area (Å²) < 4.78 is 0. The molecule has 2 aromatic carbocycles. The fraction of sp³-hybridized carbons (Fsp3) is 0.321. The summed E-state index contributed by atoms with van der Waals surface area (Å²) >= 11 is 0. The highest BCUT2D eigenvalue weighted by atomic mass is 16.4. The predicted molar refractivity (Wildman–Crippen MR) is 136 cm³/mol. The Balaban J connectivity index is 0.000000672. The number of rotatable bonds is 4. The number of benzene rings is 2. The lowest BCUT2D eigenvalue weighted by Gasteiger charge is -2.45. The zero-order valence-electron chi connectivity index (χ0n) is 20.2. The third-order valence-electron chi connectivity index (χ3n) is 6.88. The molecule has 2 N–H and O–H groups in total. The van der Waals surface area contributed by atoms with Crippen molar-refractivity contribution in [3.05, 3.63) is 95.8 Å². The average Bonchev–Trinajstić information content (AvgIpc) is 3.18. The number of aryl methyl sites for hydroxylation is 1. The fourth-order valence-electron chi connectivity index (χ4n) is 5.20. The summed E-state index contributed by atoms with van der Waals surface area (Å²) in [6, 6.07) is 23.2. The van der Waals surface area contributed by atoms with Crippen molar-refractivity contribution in [3.63, 3.8) is 0 Å². The van der Waals surface area contributed by atoms with Crippen LogP contribution in [-0.2, 0) is 9.59 Å². The molecule has 7 nitrogen and oxygen atoms in total. The molecule has 1 spiro atoms. The van der Waals surface area contributed by atoms with Crippen LogP contribution < -0.4 is 10.2 Å². The number of likely N-dealkylation sites (tertiary alicyclic amines) is 1. The van der Waals surface area contributed by atoms with E-state index < -0.39 is 11.5 Å². The summed E-state index contributed by atoms with van der Waals surface area (Å²) in [6.45, 7) is 5.54. The van der Waals surface area contributed by atoms with Crippen LogP contribution >= 0.6 is 0 Å². The van der Waals surface area contributed by atoms with E-state index in [1.165, 1.54) is 16.7 Å². The van der Waals surface area contributed by atoms with Gasteiger partial charge in [0.2, 0.25) is 5.91 Å². The number of anilines is 1. The maximum absolute atomic E-state index is 13.0. The summed E-state index contributed by atoms with van der Waals surface area (Å²) in [6.07, 6.45) is 5.40. The van der Waals surface area contributed by atoms with Gasteiger partial charge in [-0.1, -0.05) is 48.5 Å². The molecule has 182 valence electrons. The average molecular weight is 473 g/mol. The molecular weight excluding hydrogens is 440 g/mol. The van der Waals surface area contributed by atoms with Crippen molar-refractivity contribution in [1.82, 2.24) is 15.2 Å². The van der Waals surface area contributed by atoms with Gasteiger partial charge in [0, 0.05) is 38.1 Å². The minimum absolute atomic E-state index is 0.141. The van der Waals surface area contributed by atoms with Gasteiger partial charge < -0.3 is 15.3 Å². The van der Waals surface area contributed by atoms with Crippen LogP contribution in [0, 0.1) is 6.92 Å². The van der Waals surface area contributed by atoms with Gasteiger partial charge in [-0.25, -0.2) is 0 Å². The van der Waals surface area contributed by atoms with Crippen LogP contribution in [0.4, 0.5) is 5.69 Å². The molecule has 1 unspecified atom stereocenters. The summed E-state index contributed by atoms with van der Waals surface area (Å²) in [5, 5.41) is 10.5. The van der Waals surface area contributed by atoms with Gasteiger partial charge >= 0.3 is 0 Å². The lowest BCUT2D eigenvalue weighted by atomic mass is 9.83. The van der Waals surface area contributed by atoms with Crippen molar-refractivity contribution >= 4 is 17.6 Å². The molecule has 5 rings (SSSR count). The molecule has 35 heavy (non-hydrogen) atoms. The number of aromatic nitrogens is 1. The number of carboxylic acids is 1. The van der Waals surface area contributed by atoms with Gasteiger partial charge in [-0.15, -0.1) is 0 Å². The van der Waals surface area contributed by atoms with Crippen molar-refractivity contribution in [2.45, 2.75) is 38.3 Å². The Morgan fingerprint density at radius 1 is 1.03 bits per heavy atom. The van der Waals surface area contributed by atoms with Gasteiger partial charge in [-0.2, -0.15) is 0 Å². The van der Waals surface area contributed by atoms with Crippen molar-refractivity contribution in [2.75, 3.05) is 24.7 Å². The van der Waals surface area contributed by atoms with Crippen LogP contribution in [0.1, 0.15) is 42.5 Å². The minimum Gasteiger partial charge on any atom is -0.481 e. The first-order chi connectivity index (χ1) is 16.9. The maximum Gasteiger partial charge on any atom is 0.300 e. The maximum atomic E-state index is 13.0. The highest BCUT2D eigenvalue weighted by Gasteiger charge is 2.51. The molecule has 7 heteroatoms. The quantitative estimate of drug-likeness (QED) is 0.597. The fourth-order valence-corrected chi connectivity index (χ4v) is 5.20. The number of carbonyl (C=O) groups excluding carboxylic acids is 1. The summed E-state index contributed by atoms with van der Waals surface area (Å²) in [7, 11) is 0. The number of hydrogen-bond acceptors (Lipinski definition) is 5. The van der Waals surface area contributed by atoms with Crippen LogP contribution in [0.15, 0.2) is 79.1 Å².